The van der Waals surface area contributed by atoms with E-state index in [1.54, 1.807) is 7.11 Å². The van der Waals surface area contributed by atoms with Gasteiger partial charge in [0, 0.05) is 45.4 Å². The molecule has 2 N–H and O–H groups in total. The zero-order chi connectivity index (χ0) is 28.2. The van der Waals surface area contributed by atoms with Crippen molar-refractivity contribution in [2.24, 2.45) is 10.9 Å². The molecule has 0 aromatic rings. The molecule has 5 heterocycles. The van der Waals surface area contributed by atoms with Gasteiger partial charge in [-0.05, 0) is 83.8 Å². The molecule has 2 unspecified atom stereocenters. The third kappa shape index (κ3) is 5.02. The Balaban J connectivity index is 1.13. The van der Waals surface area contributed by atoms with Gasteiger partial charge >= 0.3 is 6.09 Å². The Morgan fingerprint density at radius 3 is 2.70 bits per heavy atom. The monoisotopic (exact) mass is 554 g/mol. The Hall–Kier alpha value is -2.59. The fourth-order valence-corrected chi connectivity index (χ4v) is 7.65. The molecule has 2 saturated heterocycles. The maximum absolute atomic E-state index is 13.9. The van der Waals surface area contributed by atoms with Crippen molar-refractivity contribution in [3.63, 3.8) is 0 Å². The second-order valence-electron chi connectivity index (χ2n) is 13.1. The van der Waals surface area contributed by atoms with Crippen molar-refractivity contribution in [3.8, 4) is 0 Å². The maximum atomic E-state index is 13.9. The number of carbonyl (C=O) groups is 2. The molecule has 0 radical (unpaired) electrons. The Bertz CT molecular complexity index is 1130. The van der Waals surface area contributed by atoms with Crippen LogP contribution in [0.5, 0.6) is 0 Å². The van der Waals surface area contributed by atoms with Crippen molar-refractivity contribution < 1.29 is 19.1 Å². The van der Waals surface area contributed by atoms with E-state index < -0.39 is 5.60 Å². The van der Waals surface area contributed by atoms with E-state index in [1.807, 2.05) is 36.6 Å². The van der Waals surface area contributed by atoms with E-state index in [9.17, 15) is 9.59 Å². The number of ether oxygens (including phenoxy) is 2. The highest BCUT2D eigenvalue weighted by molar-refractivity contribution is 6.03. The zero-order valence-electron chi connectivity index (χ0n) is 24.7. The number of likely N-dealkylation sites (N-methyl/N-ethyl adjacent to an activating group) is 1. The lowest BCUT2D eigenvalue weighted by Crippen LogP contribution is -2.53. The minimum Gasteiger partial charge on any atom is -0.444 e. The van der Waals surface area contributed by atoms with E-state index in [1.165, 1.54) is 17.8 Å². The van der Waals surface area contributed by atoms with Crippen LogP contribution in [-0.2, 0) is 14.3 Å². The van der Waals surface area contributed by atoms with Crippen LogP contribution in [0.25, 0.3) is 0 Å². The minimum atomic E-state index is -0.536. The van der Waals surface area contributed by atoms with Gasteiger partial charge in [0.15, 0.2) is 0 Å². The molecule has 40 heavy (non-hydrogen) atoms. The molecular weight excluding hydrogens is 508 g/mol. The number of aliphatic imine (C=N–C) groups is 1. The summed E-state index contributed by atoms with van der Waals surface area (Å²) in [5, 5.41) is 7.41. The number of piperidine rings is 1. The Kier molecular flexibility index (Phi) is 7.36. The number of likely N-dealkylation sites (tertiary alicyclic amines) is 2. The van der Waals surface area contributed by atoms with Gasteiger partial charge in [-0.2, -0.15) is 0 Å². The maximum Gasteiger partial charge on any atom is 0.410 e. The molecule has 5 aliphatic heterocycles. The number of rotatable bonds is 4. The molecule has 0 bridgehead atoms. The summed E-state index contributed by atoms with van der Waals surface area (Å²) in [6, 6.07) is 0.275. The molecule has 6 rings (SSSR count). The molecular formula is C30H46N6O4. The average Bonchev–Trinajstić information content (AvgIpc) is 3.65. The highest BCUT2D eigenvalue weighted by Gasteiger charge is 2.46. The van der Waals surface area contributed by atoms with Crippen molar-refractivity contribution in [1.82, 2.24) is 25.3 Å². The summed E-state index contributed by atoms with van der Waals surface area (Å²) in [6.07, 6.45) is 7.23. The SMILES string of the molecule is CCN1C2=C(CCCN2)C[C@@H]1[C@H]1N=C2[C@@H](OC)C=C(C(=O)N3CCC4CCN(C(=O)OC(C)(C)C)C4C3)C[C@H]2N1. The van der Waals surface area contributed by atoms with Gasteiger partial charge < -0.3 is 29.5 Å². The molecule has 2 amide bonds. The normalized spacial score (nSPS) is 33.7. The minimum absolute atomic E-state index is 0.00882. The van der Waals surface area contributed by atoms with Crippen LogP contribution in [0.15, 0.2) is 28.0 Å². The molecule has 2 fully saturated rings. The number of hydrogen-bond acceptors (Lipinski definition) is 8. The summed E-state index contributed by atoms with van der Waals surface area (Å²) >= 11 is 0. The molecule has 0 saturated carbocycles. The predicted molar refractivity (Wildman–Crippen MR) is 153 cm³/mol. The first kappa shape index (κ1) is 27.6. The van der Waals surface area contributed by atoms with Crippen LogP contribution < -0.4 is 10.6 Å². The molecule has 0 aromatic heterocycles. The van der Waals surface area contributed by atoms with Gasteiger partial charge in [-0.1, -0.05) is 0 Å². The van der Waals surface area contributed by atoms with Crippen LogP contribution in [-0.4, -0.2) is 108 Å². The van der Waals surface area contributed by atoms with Crippen LogP contribution >= 0.6 is 0 Å². The van der Waals surface area contributed by atoms with E-state index in [4.69, 9.17) is 14.5 Å². The quantitative estimate of drug-likeness (QED) is 0.551. The lowest BCUT2D eigenvalue weighted by Gasteiger charge is -2.39. The average molecular weight is 555 g/mol. The number of hydrogen-bond donors (Lipinski definition) is 2. The van der Waals surface area contributed by atoms with Gasteiger partial charge in [0.05, 0.1) is 23.8 Å². The molecule has 10 nitrogen and oxygen atoms in total. The first-order valence-electron chi connectivity index (χ1n) is 15.3. The van der Waals surface area contributed by atoms with E-state index in [2.05, 4.69) is 22.5 Å². The van der Waals surface area contributed by atoms with Gasteiger partial charge in [0.25, 0.3) is 0 Å². The molecule has 6 atom stereocenters. The molecule has 1 aliphatic carbocycles. The van der Waals surface area contributed by atoms with Gasteiger partial charge in [-0.3, -0.25) is 15.1 Å². The van der Waals surface area contributed by atoms with Gasteiger partial charge in [-0.25, -0.2) is 4.79 Å². The second kappa shape index (κ2) is 10.7. The highest BCUT2D eigenvalue weighted by Crippen LogP contribution is 2.37. The summed E-state index contributed by atoms with van der Waals surface area (Å²) in [4.78, 5) is 38.2. The fourth-order valence-electron chi connectivity index (χ4n) is 7.65. The Morgan fingerprint density at radius 1 is 1.15 bits per heavy atom. The molecule has 0 spiro atoms. The summed E-state index contributed by atoms with van der Waals surface area (Å²) in [5.74, 6) is 1.78. The number of methoxy groups -OCH3 is 1. The number of nitrogens with zero attached hydrogens (tertiary/aromatic N) is 4. The smallest absolute Gasteiger partial charge is 0.410 e. The van der Waals surface area contributed by atoms with Crippen molar-refractivity contribution in [3.05, 3.63) is 23.0 Å². The van der Waals surface area contributed by atoms with Gasteiger partial charge in [-0.15, -0.1) is 0 Å². The topological polar surface area (TPSA) is 98.7 Å². The Morgan fingerprint density at radius 2 is 1.95 bits per heavy atom. The van der Waals surface area contributed by atoms with Crippen LogP contribution in [0, 0.1) is 5.92 Å². The van der Waals surface area contributed by atoms with Gasteiger partial charge in [0.1, 0.15) is 23.7 Å². The highest BCUT2D eigenvalue weighted by atomic mass is 16.6. The van der Waals surface area contributed by atoms with Crippen molar-refractivity contribution in [2.45, 2.75) is 102 Å². The van der Waals surface area contributed by atoms with Crippen molar-refractivity contribution in [2.75, 3.05) is 39.8 Å². The molecule has 220 valence electrons. The van der Waals surface area contributed by atoms with Crippen LogP contribution in [0.4, 0.5) is 4.79 Å². The largest absolute Gasteiger partial charge is 0.444 e. The van der Waals surface area contributed by atoms with E-state index in [0.29, 0.717) is 25.4 Å². The van der Waals surface area contributed by atoms with Crippen LogP contribution in [0.3, 0.4) is 0 Å². The summed E-state index contributed by atoms with van der Waals surface area (Å²) in [5.41, 5.74) is 2.76. The van der Waals surface area contributed by atoms with Crippen LogP contribution in [0.2, 0.25) is 0 Å². The number of fused-ring (bicyclic) bond motifs is 2. The molecule has 0 aromatic carbocycles. The number of carbonyl (C=O) groups excluding carboxylic acids is 2. The third-order valence-corrected chi connectivity index (χ3v) is 9.52. The lowest BCUT2D eigenvalue weighted by atomic mass is 9.88. The zero-order valence-corrected chi connectivity index (χ0v) is 24.7. The summed E-state index contributed by atoms with van der Waals surface area (Å²) in [7, 11) is 1.70. The van der Waals surface area contributed by atoms with E-state index in [0.717, 1.165) is 56.6 Å². The molecule has 6 aliphatic rings. The van der Waals surface area contributed by atoms with Crippen molar-refractivity contribution >= 4 is 17.7 Å². The lowest BCUT2D eigenvalue weighted by molar-refractivity contribution is -0.129. The third-order valence-electron chi connectivity index (χ3n) is 9.52. The van der Waals surface area contributed by atoms with Crippen LogP contribution in [0.1, 0.15) is 66.2 Å². The number of nitrogens with one attached hydrogen (secondary N) is 2. The van der Waals surface area contributed by atoms with Gasteiger partial charge in [0.2, 0.25) is 5.91 Å². The second-order valence-corrected chi connectivity index (χ2v) is 13.1. The predicted octanol–water partition coefficient (Wildman–Crippen LogP) is 2.62. The molecule has 10 heteroatoms. The summed E-state index contributed by atoms with van der Waals surface area (Å²) in [6.45, 7) is 11.8. The van der Waals surface area contributed by atoms with E-state index >= 15 is 0 Å². The number of amides is 2. The first-order chi connectivity index (χ1) is 19.2. The fraction of sp³-hybridized carbons (Fsp3) is 0.767. The first-order valence-corrected chi connectivity index (χ1v) is 15.3. The van der Waals surface area contributed by atoms with E-state index in [-0.39, 0.29) is 42.4 Å². The Labute approximate surface area is 238 Å². The summed E-state index contributed by atoms with van der Waals surface area (Å²) < 4.78 is 11.6. The standard InChI is InChI=1S/C30H46N6O4/c1-6-35-22(15-19-8-7-11-31-27(19)35)26-32-21-14-20(16-24(39-5)25(21)33-26)28(37)34-12-9-18-10-13-36(23(18)17-34)29(38)40-30(2,3)4/h16,18,21-24,26,31-32H,6-15,17H2,1-5H3/t18?,21-,22-,23?,24+,26-/m1/s1. The van der Waals surface area contributed by atoms with Crippen molar-refractivity contribution in [1.29, 1.82) is 0 Å².